The second-order valence-corrected chi connectivity index (χ2v) is 9.86. The van der Waals surface area contributed by atoms with E-state index in [1.165, 1.54) is 6.92 Å². The number of ether oxygens (including phenoxy) is 2. The molecule has 2 atom stereocenters. The Bertz CT molecular complexity index is 913. The number of phenols is 2. The van der Waals surface area contributed by atoms with Crippen LogP contribution in [0.3, 0.4) is 0 Å². The number of unbranched alkanes of at least 4 members (excludes halogenated alkanes) is 2. The summed E-state index contributed by atoms with van der Waals surface area (Å²) in [4.78, 5) is 11.3. The van der Waals surface area contributed by atoms with Crippen LogP contribution < -0.4 is 0 Å². The van der Waals surface area contributed by atoms with Gasteiger partial charge < -0.3 is 19.7 Å². The molecule has 0 spiro atoms. The van der Waals surface area contributed by atoms with E-state index in [-0.39, 0.29) is 41.3 Å². The highest BCUT2D eigenvalue weighted by atomic mass is 16.5. The molecule has 1 saturated heterocycles. The van der Waals surface area contributed by atoms with E-state index in [0.29, 0.717) is 18.8 Å². The van der Waals surface area contributed by atoms with Crippen molar-refractivity contribution in [2.24, 2.45) is 5.92 Å². The molecule has 186 valence electrons. The minimum atomic E-state index is -0.316. The quantitative estimate of drug-likeness (QED) is 0.247. The number of carbonyl (C=O) groups excluding carboxylic acids is 1. The van der Waals surface area contributed by atoms with Crippen LogP contribution in [0.4, 0.5) is 0 Å². The minimum absolute atomic E-state index is 0.0923. The van der Waals surface area contributed by atoms with Gasteiger partial charge in [-0.3, -0.25) is 4.79 Å². The van der Waals surface area contributed by atoms with E-state index >= 15 is 0 Å². The van der Waals surface area contributed by atoms with Crippen molar-refractivity contribution in [1.82, 2.24) is 0 Å². The van der Waals surface area contributed by atoms with E-state index < -0.39 is 0 Å². The minimum Gasteiger partial charge on any atom is -0.507 e. The summed E-state index contributed by atoms with van der Waals surface area (Å²) < 4.78 is 10.8. The number of aromatic hydroxyl groups is 2. The largest absolute Gasteiger partial charge is 0.507 e. The second-order valence-electron chi connectivity index (χ2n) is 9.86. The third-order valence-corrected chi connectivity index (χ3v) is 7.31. The standard InChI is InChI=1S/C29H40O5/c1-5-6-7-8-11-29(12-14-33-15-13-29)23-17-26(31)28(27(32)18-23)25-16-22(19-34-21(4)30)9-10-24(25)20(2)3/h8,11,16-18,24-25,31-32H,2,5-7,9-10,12-15,19H2,1,3-4H3/b11-8-/t24-,25+/m1/s1. The SMILES string of the molecule is C=C(C)[C@H]1CCC(COC(C)=O)=C[C@@H]1c1c(O)cc(C2(/C=C\CCCC)CCOCC2)cc1O. The maximum absolute atomic E-state index is 11.3. The molecule has 2 aliphatic rings. The van der Waals surface area contributed by atoms with Crippen LogP contribution in [-0.4, -0.2) is 36.0 Å². The number of phenolic OH excluding ortho intramolecular Hbond substituents is 2. The number of hydrogen-bond donors (Lipinski definition) is 2. The lowest BCUT2D eigenvalue weighted by atomic mass is 9.71. The fourth-order valence-electron chi connectivity index (χ4n) is 5.30. The summed E-state index contributed by atoms with van der Waals surface area (Å²) in [5.74, 6) is -0.248. The monoisotopic (exact) mass is 468 g/mol. The van der Waals surface area contributed by atoms with Gasteiger partial charge in [0.15, 0.2) is 0 Å². The molecule has 0 aromatic heterocycles. The van der Waals surface area contributed by atoms with E-state index in [1.807, 2.05) is 25.1 Å². The number of hydrogen-bond acceptors (Lipinski definition) is 5. The zero-order valence-electron chi connectivity index (χ0n) is 20.9. The lowest BCUT2D eigenvalue weighted by molar-refractivity contribution is -0.140. The molecule has 34 heavy (non-hydrogen) atoms. The highest BCUT2D eigenvalue weighted by molar-refractivity contribution is 5.66. The first-order valence-electron chi connectivity index (χ1n) is 12.6. The van der Waals surface area contributed by atoms with Gasteiger partial charge in [0, 0.05) is 37.0 Å². The summed E-state index contributed by atoms with van der Waals surface area (Å²) in [5, 5.41) is 22.4. The molecular formula is C29H40O5. The third-order valence-electron chi connectivity index (χ3n) is 7.31. The van der Waals surface area contributed by atoms with Gasteiger partial charge >= 0.3 is 5.97 Å². The smallest absolute Gasteiger partial charge is 0.302 e. The van der Waals surface area contributed by atoms with Crippen LogP contribution in [0.5, 0.6) is 11.5 Å². The summed E-state index contributed by atoms with van der Waals surface area (Å²) in [7, 11) is 0. The molecule has 1 heterocycles. The summed E-state index contributed by atoms with van der Waals surface area (Å²) in [6, 6.07) is 3.66. The van der Waals surface area contributed by atoms with Gasteiger partial charge in [0.1, 0.15) is 18.1 Å². The first-order valence-corrected chi connectivity index (χ1v) is 12.6. The highest BCUT2D eigenvalue weighted by Crippen LogP contribution is 2.49. The van der Waals surface area contributed by atoms with Crippen LogP contribution in [0.2, 0.25) is 0 Å². The fraction of sp³-hybridized carbons (Fsp3) is 0.552. The Morgan fingerprint density at radius 2 is 1.91 bits per heavy atom. The Morgan fingerprint density at radius 3 is 2.50 bits per heavy atom. The Morgan fingerprint density at radius 1 is 1.24 bits per heavy atom. The predicted octanol–water partition coefficient (Wildman–Crippen LogP) is 6.45. The second kappa shape index (κ2) is 11.7. The van der Waals surface area contributed by atoms with Crippen LogP contribution in [0.15, 0.2) is 48.1 Å². The molecule has 2 N–H and O–H groups in total. The van der Waals surface area contributed by atoms with Gasteiger partial charge in [0.05, 0.1) is 0 Å². The first kappa shape index (κ1) is 26.1. The van der Waals surface area contributed by atoms with Crippen molar-refractivity contribution < 1.29 is 24.5 Å². The van der Waals surface area contributed by atoms with Gasteiger partial charge in [-0.25, -0.2) is 0 Å². The van der Waals surface area contributed by atoms with Crippen LogP contribution in [0, 0.1) is 5.92 Å². The van der Waals surface area contributed by atoms with Gasteiger partial charge in [-0.1, -0.05) is 50.1 Å². The highest BCUT2D eigenvalue weighted by Gasteiger charge is 2.36. The van der Waals surface area contributed by atoms with E-state index in [9.17, 15) is 15.0 Å². The van der Waals surface area contributed by atoms with Gasteiger partial charge in [0.25, 0.3) is 0 Å². The van der Waals surface area contributed by atoms with Gasteiger partial charge in [-0.05, 0) is 68.2 Å². The van der Waals surface area contributed by atoms with Crippen LogP contribution in [-0.2, 0) is 19.7 Å². The van der Waals surface area contributed by atoms with Crippen molar-refractivity contribution in [2.45, 2.75) is 77.0 Å². The average Bonchev–Trinajstić information content (AvgIpc) is 2.80. The van der Waals surface area contributed by atoms with Crippen molar-refractivity contribution in [3.63, 3.8) is 0 Å². The van der Waals surface area contributed by atoms with E-state index in [4.69, 9.17) is 9.47 Å². The molecule has 3 rings (SSSR count). The topological polar surface area (TPSA) is 76.0 Å². The Labute approximate surface area is 204 Å². The van der Waals surface area contributed by atoms with Crippen molar-refractivity contribution >= 4 is 5.97 Å². The molecular weight excluding hydrogens is 428 g/mol. The molecule has 5 heteroatoms. The van der Waals surface area contributed by atoms with Crippen LogP contribution in [0.1, 0.15) is 82.8 Å². The maximum Gasteiger partial charge on any atom is 0.302 e. The maximum atomic E-state index is 11.3. The lowest BCUT2D eigenvalue weighted by Crippen LogP contribution is -2.32. The Kier molecular flexibility index (Phi) is 9.01. The zero-order valence-corrected chi connectivity index (χ0v) is 20.9. The molecule has 1 aromatic carbocycles. The number of carbonyl (C=O) groups is 1. The third kappa shape index (κ3) is 6.12. The summed E-state index contributed by atoms with van der Waals surface area (Å²) in [5.41, 5.74) is 3.20. The van der Waals surface area contributed by atoms with E-state index in [0.717, 1.165) is 61.7 Å². The molecule has 1 aliphatic carbocycles. The Hall–Kier alpha value is -2.53. The zero-order chi connectivity index (χ0) is 24.7. The molecule has 0 amide bonds. The normalized spacial score (nSPS) is 22.4. The number of allylic oxidation sites excluding steroid dienone is 4. The van der Waals surface area contributed by atoms with Gasteiger partial charge in [-0.2, -0.15) is 0 Å². The summed E-state index contributed by atoms with van der Waals surface area (Å²) >= 11 is 0. The molecule has 5 nitrogen and oxygen atoms in total. The molecule has 0 saturated carbocycles. The van der Waals surface area contributed by atoms with Crippen LogP contribution >= 0.6 is 0 Å². The molecule has 0 unspecified atom stereocenters. The molecule has 1 fully saturated rings. The Balaban J connectivity index is 1.99. The van der Waals surface area contributed by atoms with E-state index in [1.54, 1.807) is 0 Å². The first-order chi connectivity index (χ1) is 16.3. The van der Waals surface area contributed by atoms with Crippen molar-refractivity contribution in [3.8, 4) is 11.5 Å². The number of rotatable bonds is 9. The van der Waals surface area contributed by atoms with Crippen molar-refractivity contribution in [3.05, 3.63) is 59.2 Å². The predicted molar refractivity (Wildman–Crippen MR) is 135 cm³/mol. The van der Waals surface area contributed by atoms with Crippen molar-refractivity contribution in [2.75, 3.05) is 19.8 Å². The molecule has 0 bridgehead atoms. The summed E-state index contributed by atoms with van der Waals surface area (Å²) in [6.07, 6.45) is 13.1. The molecule has 0 radical (unpaired) electrons. The molecule has 1 aromatic rings. The summed E-state index contributed by atoms with van der Waals surface area (Å²) in [6.45, 7) is 11.3. The van der Waals surface area contributed by atoms with Crippen molar-refractivity contribution in [1.29, 1.82) is 0 Å². The lowest BCUT2D eigenvalue weighted by Gasteiger charge is -2.36. The van der Waals surface area contributed by atoms with E-state index in [2.05, 4.69) is 25.7 Å². The fourth-order valence-corrected chi connectivity index (χ4v) is 5.30. The van der Waals surface area contributed by atoms with Crippen LogP contribution in [0.25, 0.3) is 0 Å². The average molecular weight is 469 g/mol. The van der Waals surface area contributed by atoms with Gasteiger partial charge in [-0.15, -0.1) is 0 Å². The van der Waals surface area contributed by atoms with Gasteiger partial charge in [0.2, 0.25) is 0 Å². The number of benzene rings is 1. The molecule has 1 aliphatic heterocycles. The number of esters is 1.